The molecule has 26 heavy (non-hydrogen) atoms. The van der Waals surface area contributed by atoms with E-state index in [1.807, 2.05) is 17.9 Å². The van der Waals surface area contributed by atoms with Crippen molar-refractivity contribution in [3.05, 3.63) is 18.0 Å². The number of aryl methyl sites for hydroxylation is 1. The third-order valence-electron chi connectivity index (χ3n) is 4.43. The lowest BCUT2D eigenvalue weighted by Crippen LogP contribution is -2.51. The molecule has 1 aromatic heterocycles. The van der Waals surface area contributed by atoms with Gasteiger partial charge in [0.2, 0.25) is 0 Å². The van der Waals surface area contributed by atoms with Crippen LogP contribution in [-0.2, 0) is 11.3 Å². The van der Waals surface area contributed by atoms with Crippen molar-refractivity contribution in [3.63, 3.8) is 0 Å². The number of nitrogens with zero attached hydrogens (tertiary/aromatic N) is 4. The summed E-state index contributed by atoms with van der Waals surface area (Å²) in [6.45, 7) is 12.9. The molecule has 1 aliphatic heterocycles. The Labute approximate surface area is 175 Å². The molecule has 1 atom stereocenters. The van der Waals surface area contributed by atoms with E-state index in [0.29, 0.717) is 12.0 Å². The van der Waals surface area contributed by atoms with Crippen LogP contribution in [0.4, 0.5) is 0 Å². The van der Waals surface area contributed by atoms with Crippen molar-refractivity contribution < 1.29 is 4.74 Å². The second-order valence-corrected chi connectivity index (χ2v) is 7.09. The van der Waals surface area contributed by atoms with Crippen LogP contribution in [0.2, 0.25) is 0 Å². The van der Waals surface area contributed by atoms with Gasteiger partial charge >= 0.3 is 0 Å². The minimum absolute atomic E-state index is 0. The molecule has 1 unspecified atom stereocenters. The molecular formula is C18H35IN6O. The van der Waals surface area contributed by atoms with Crippen LogP contribution in [-0.4, -0.2) is 73.1 Å². The highest BCUT2D eigenvalue weighted by molar-refractivity contribution is 14.0. The fraction of sp³-hybridized carbons (Fsp3) is 0.778. The van der Waals surface area contributed by atoms with Crippen molar-refractivity contribution in [2.24, 2.45) is 10.9 Å². The number of morpholine rings is 1. The first-order valence-corrected chi connectivity index (χ1v) is 9.34. The van der Waals surface area contributed by atoms with Crippen LogP contribution in [0.3, 0.4) is 0 Å². The molecule has 0 spiro atoms. The van der Waals surface area contributed by atoms with Crippen LogP contribution in [0.25, 0.3) is 0 Å². The SMILES string of the molecule is CN=C(NCCn1cc(C)cn1)NCC(CC(C)C)N1CCOCC1.I. The monoisotopic (exact) mass is 478 g/mol. The summed E-state index contributed by atoms with van der Waals surface area (Å²) in [5.74, 6) is 1.53. The zero-order valence-electron chi connectivity index (χ0n) is 16.6. The molecule has 0 saturated carbocycles. The van der Waals surface area contributed by atoms with Gasteiger partial charge in [0.25, 0.3) is 0 Å². The molecule has 2 N–H and O–H groups in total. The first kappa shape index (κ1) is 23.2. The molecule has 0 radical (unpaired) electrons. The van der Waals surface area contributed by atoms with E-state index in [1.54, 1.807) is 0 Å². The lowest BCUT2D eigenvalue weighted by atomic mass is 10.0. The Morgan fingerprint density at radius 2 is 2.04 bits per heavy atom. The summed E-state index contributed by atoms with van der Waals surface area (Å²) < 4.78 is 7.44. The molecule has 0 aliphatic carbocycles. The van der Waals surface area contributed by atoms with Gasteiger partial charge in [0.05, 0.1) is 26.0 Å². The van der Waals surface area contributed by atoms with Crippen molar-refractivity contribution in [3.8, 4) is 0 Å². The summed E-state index contributed by atoms with van der Waals surface area (Å²) in [6, 6.07) is 0.510. The molecule has 1 saturated heterocycles. The molecule has 1 aromatic rings. The number of hydrogen-bond donors (Lipinski definition) is 2. The number of nitrogens with one attached hydrogen (secondary N) is 2. The number of aliphatic imine (C=N–C) groups is 1. The molecule has 1 aliphatic rings. The predicted molar refractivity (Wildman–Crippen MR) is 117 cm³/mol. The van der Waals surface area contributed by atoms with Gasteiger partial charge in [-0.2, -0.15) is 5.10 Å². The van der Waals surface area contributed by atoms with Crippen LogP contribution in [0.15, 0.2) is 17.4 Å². The maximum absolute atomic E-state index is 5.49. The van der Waals surface area contributed by atoms with Crippen LogP contribution in [0.5, 0.6) is 0 Å². The molecule has 2 rings (SSSR count). The maximum atomic E-state index is 5.49. The molecular weight excluding hydrogens is 443 g/mol. The summed E-state index contributed by atoms with van der Waals surface area (Å²) in [7, 11) is 1.82. The van der Waals surface area contributed by atoms with E-state index in [2.05, 4.69) is 52.6 Å². The van der Waals surface area contributed by atoms with Gasteiger partial charge < -0.3 is 15.4 Å². The van der Waals surface area contributed by atoms with Gasteiger partial charge in [-0.15, -0.1) is 24.0 Å². The fourth-order valence-corrected chi connectivity index (χ4v) is 3.16. The van der Waals surface area contributed by atoms with Crippen LogP contribution in [0.1, 0.15) is 25.8 Å². The largest absolute Gasteiger partial charge is 0.379 e. The quantitative estimate of drug-likeness (QED) is 0.339. The van der Waals surface area contributed by atoms with Crippen molar-refractivity contribution in [1.29, 1.82) is 0 Å². The van der Waals surface area contributed by atoms with Gasteiger partial charge in [0.1, 0.15) is 0 Å². The second-order valence-electron chi connectivity index (χ2n) is 7.09. The zero-order chi connectivity index (χ0) is 18.1. The highest BCUT2D eigenvalue weighted by atomic mass is 127. The van der Waals surface area contributed by atoms with Crippen LogP contribution in [0, 0.1) is 12.8 Å². The van der Waals surface area contributed by atoms with Gasteiger partial charge in [0, 0.05) is 45.5 Å². The van der Waals surface area contributed by atoms with Crippen LogP contribution < -0.4 is 10.6 Å². The Kier molecular flexibility index (Phi) is 11.1. The number of guanidine groups is 1. The van der Waals surface area contributed by atoms with E-state index >= 15 is 0 Å². The Morgan fingerprint density at radius 1 is 1.31 bits per heavy atom. The van der Waals surface area contributed by atoms with E-state index in [-0.39, 0.29) is 24.0 Å². The van der Waals surface area contributed by atoms with E-state index in [1.165, 1.54) is 12.0 Å². The first-order chi connectivity index (χ1) is 12.1. The average Bonchev–Trinajstić information content (AvgIpc) is 3.02. The van der Waals surface area contributed by atoms with Crippen molar-refractivity contribution >= 4 is 29.9 Å². The number of aromatic nitrogens is 2. The van der Waals surface area contributed by atoms with E-state index < -0.39 is 0 Å². The lowest BCUT2D eigenvalue weighted by Gasteiger charge is -2.35. The lowest BCUT2D eigenvalue weighted by molar-refractivity contribution is 0.0132. The van der Waals surface area contributed by atoms with Crippen LogP contribution >= 0.6 is 24.0 Å². The van der Waals surface area contributed by atoms with Gasteiger partial charge in [-0.25, -0.2) is 0 Å². The summed E-state index contributed by atoms with van der Waals surface area (Å²) in [4.78, 5) is 6.88. The minimum Gasteiger partial charge on any atom is -0.379 e. The molecule has 2 heterocycles. The van der Waals surface area contributed by atoms with Crippen molar-refractivity contribution in [2.45, 2.75) is 39.8 Å². The zero-order valence-corrected chi connectivity index (χ0v) is 18.9. The predicted octanol–water partition coefficient (Wildman–Crippen LogP) is 1.72. The van der Waals surface area contributed by atoms with E-state index in [0.717, 1.165) is 51.9 Å². The van der Waals surface area contributed by atoms with Gasteiger partial charge in [0.15, 0.2) is 5.96 Å². The fourth-order valence-electron chi connectivity index (χ4n) is 3.16. The average molecular weight is 478 g/mol. The Morgan fingerprint density at radius 3 is 2.62 bits per heavy atom. The summed E-state index contributed by atoms with van der Waals surface area (Å²) in [5.41, 5.74) is 1.18. The Hall–Kier alpha value is -0.870. The van der Waals surface area contributed by atoms with Crippen molar-refractivity contribution in [2.75, 3.05) is 46.4 Å². The third-order valence-corrected chi connectivity index (χ3v) is 4.43. The molecule has 0 aromatic carbocycles. The summed E-state index contributed by atoms with van der Waals surface area (Å²) >= 11 is 0. The first-order valence-electron chi connectivity index (χ1n) is 9.34. The van der Waals surface area contributed by atoms with Crippen molar-refractivity contribution in [1.82, 2.24) is 25.3 Å². The summed E-state index contributed by atoms with van der Waals surface area (Å²) in [6.07, 6.45) is 5.11. The van der Waals surface area contributed by atoms with E-state index in [9.17, 15) is 0 Å². The maximum Gasteiger partial charge on any atom is 0.191 e. The molecule has 7 nitrogen and oxygen atoms in total. The normalized spacial score (nSPS) is 17.0. The smallest absolute Gasteiger partial charge is 0.191 e. The number of rotatable bonds is 8. The molecule has 0 bridgehead atoms. The van der Waals surface area contributed by atoms with Gasteiger partial charge in [-0.05, 0) is 24.8 Å². The topological polar surface area (TPSA) is 66.7 Å². The molecule has 1 fully saturated rings. The second kappa shape index (κ2) is 12.5. The third kappa shape index (κ3) is 8.22. The number of halogens is 1. The highest BCUT2D eigenvalue weighted by Crippen LogP contribution is 2.12. The standard InChI is InChI=1S/C18H34N6O.HI/c1-15(2)11-17(23-7-9-25-10-8-23)13-21-18(19-4)20-5-6-24-14-16(3)12-22-24;/h12,14-15,17H,5-11,13H2,1-4H3,(H2,19,20,21);1H. The number of ether oxygens (including phenoxy) is 1. The Bertz CT molecular complexity index is 528. The highest BCUT2D eigenvalue weighted by Gasteiger charge is 2.22. The number of hydrogen-bond acceptors (Lipinski definition) is 4. The summed E-state index contributed by atoms with van der Waals surface area (Å²) in [5, 5.41) is 11.2. The molecule has 8 heteroatoms. The minimum atomic E-state index is 0. The Balaban J connectivity index is 0.00000338. The van der Waals surface area contributed by atoms with E-state index in [4.69, 9.17) is 4.74 Å². The van der Waals surface area contributed by atoms with Gasteiger partial charge in [-0.1, -0.05) is 13.8 Å². The van der Waals surface area contributed by atoms with Gasteiger partial charge in [-0.3, -0.25) is 14.6 Å². The molecule has 150 valence electrons. The molecule has 0 amide bonds.